The van der Waals surface area contributed by atoms with E-state index in [-0.39, 0.29) is 17.8 Å². The summed E-state index contributed by atoms with van der Waals surface area (Å²) in [5.41, 5.74) is 0.973. The van der Waals surface area contributed by atoms with Gasteiger partial charge in [0.05, 0.1) is 13.2 Å². The molecule has 0 aliphatic carbocycles. The molecule has 24 heavy (non-hydrogen) atoms. The first-order chi connectivity index (χ1) is 11.5. The quantitative estimate of drug-likeness (QED) is 0.838. The molecule has 0 unspecified atom stereocenters. The summed E-state index contributed by atoms with van der Waals surface area (Å²) in [6, 6.07) is 13.0. The fourth-order valence-corrected chi connectivity index (χ4v) is 2.28. The van der Waals surface area contributed by atoms with Crippen LogP contribution in [0.15, 0.2) is 48.5 Å². The van der Waals surface area contributed by atoms with E-state index in [0.717, 1.165) is 11.3 Å². The van der Waals surface area contributed by atoms with Crippen molar-refractivity contribution in [3.8, 4) is 11.5 Å². The van der Waals surface area contributed by atoms with Gasteiger partial charge in [-0.15, -0.1) is 0 Å². The molecule has 0 aromatic heterocycles. The van der Waals surface area contributed by atoms with Gasteiger partial charge in [0.1, 0.15) is 17.3 Å². The van der Waals surface area contributed by atoms with E-state index in [1.165, 1.54) is 24.3 Å². The highest BCUT2D eigenvalue weighted by Crippen LogP contribution is 2.19. The Morgan fingerprint density at radius 2 is 1.67 bits per heavy atom. The first-order valence-corrected chi connectivity index (χ1v) is 7.90. The zero-order valence-electron chi connectivity index (χ0n) is 14.1. The van der Waals surface area contributed by atoms with E-state index in [2.05, 4.69) is 5.32 Å². The van der Waals surface area contributed by atoms with Crippen molar-refractivity contribution in [2.24, 2.45) is 0 Å². The molecule has 4 nitrogen and oxygen atoms in total. The fraction of sp³-hybridized carbons (Fsp3) is 0.316. The maximum Gasteiger partial charge on any atom is 0.261 e. The van der Waals surface area contributed by atoms with Gasteiger partial charge in [-0.05, 0) is 55.3 Å². The predicted octanol–water partition coefficient (Wildman–Crippen LogP) is 3.87. The second-order valence-electron chi connectivity index (χ2n) is 5.47. The lowest BCUT2D eigenvalue weighted by molar-refractivity contribution is -0.128. The lowest BCUT2D eigenvalue weighted by Gasteiger charge is -2.21. The van der Waals surface area contributed by atoms with Crippen LogP contribution in [0.2, 0.25) is 0 Å². The Bertz CT molecular complexity index is 655. The highest BCUT2D eigenvalue weighted by atomic mass is 19.1. The molecule has 0 saturated heterocycles. The van der Waals surface area contributed by atoms with Crippen LogP contribution >= 0.6 is 0 Å². The minimum atomic E-state index is -0.629. The number of hydrogen-bond donors (Lipinski definition) is 1. The van der Waals surface area contributed by atoms with Gasteiger partial charge in [0, 0.05) is 0 Å². The molecule has 0 aliphatic rings. The van der Waals surface area contributed by atoms with Gasteiger partial charge >= 0.3 is 0 Å². The van der Waals surface area contributed by atoms with Gasteiger partial charge in [0.15, 0.2) is 6.10 Å². The van der Waals surface area contributed by atoms with Gasteiger partial charge in [-0.2, -0.15) is 0 Å². The zero-order valence-corrected chi connectivity index (χ0v) is 14.1. The molecular formula is C19H22FNO3. The van der Waals surface area contributed by atoms with Crippen LogP contribution in [0.3, 0.4) is 0 Å². The van der Waals surface area contributed by atoms with Gasteiger partial charge in [-0.25, -0.2) is 4.39 Å². The van der Waals surface area contributed by atoms with Crippen molar-refractivity contribution in [1.82, 2.24) is 5.32 Å². The molecule has 0 aliphatic heterocycles. The smallest absolute Gasteiger partial charge is 0.261 e. The first kappa shape index (κ1) is 17.8. The molecule has 0 saturated carbocycles. The van der Waals surface area contributed by atoms with Crippen molar-refractivity contribution in [3.05, 3.63) is 59.9 Å². The molecule has 2 aromatic rings. The second kappa shape index (κ2) is 8.34. The van der Waals surface area contributed by atoms with E-state index >= 15 is 0 Å². The minimum Gasteiger partial charge on any atom is -0.497 e. The Morgan fingerprint density at radius 1 is 1.08 bits per heavy atom. The van der Waals surface area contributed by atoms with Gasteiger partial charge in [0.2, 0.25) is 0 Å². The first-order valence-electron chi connectivity index (χ1n) is 7.90. The molecule has 128 valence electrons. The van der Waals surface area contributed by atoms with Gasteiger partial charge < -0.3 is 14.8 Å². The maximum absolute atomic E-state index is 12.9. The molecular weight excluding hydrogens is 309 g/mol. The van der Waals surface area contributed by atoms with Crippen molar-refractivity contribution >= 4 is 5.91 Å². The van der Waals surface area contributed by atoms with E-state index in [1.54, 1.807) is 7.11 Å². The average Bonchev–Trinajstić information content (AvgIpc) is 2.61. The summed E-state index contributed by atoms with van der Waals surface area (Å²) >= 11 is 0. The van der Waals surface area contributed by atoms with Gasteiger partial charge in [0.25, 0.3) is 5.91 Å². The van der Waals surface area contributed by atoms with Crippen LogP contribution in [-0.4, -0.2) is 19.1 Å². The minimum absolute atomic E-state index is 0.158. The number of hydrogen-bond acceptors (Lipinski definition) is 3. The molecule has 2 aromatic carbocycles. The molecule has 0 heterocycles. The van der Waals surface area contributed by atoms with Gasteiger partial charge in [-0.1, -0.05) is 19.1 Å². The molecule has 2 rings (SSSR count). The average molecular weight is 331 g/mol. The third-order valence-electron chi connectivity index (χ3n) is 3.73. The normalized spacial score (nSPS) is 13.0. The monoisotopic (exact) mass is 331 g/mol. The lowest BCUT2D eigenvalue weighted by Crippen LogP contribution is -2.39. The molecule has 0 radical (unpaired) electrons. The largest absolute Gasteiger partial charge is 0.497 e. The third-order valence-corrected chi connectivity index (χ3v) is 3.73. The topological polar surface area (TPSA) is 47.6 Å². The van der Waals surface area contributed by atoms with E-state index in [0.29, 0.717) is 12.2 Å². The number of amides is 1. The van der Waals surface area contributed by atoms with E-state index in [9.17, 15) is 9.18 Å². The summed E-state index contributed by atoms with van der Waals surface area (Å²) in [5.74, 6) is 0.692. The molecule has 0 bridgehead atoms. The van der Waals surface area contributed by atoms with Crippen LogP contribution in [0.4, 0.5) is 4.39 Å². The van der Waals surface area contributed by atoms with Crippen LogP contribution in [-0.2, 0) is 4.79 Å². The summed E-state index contributed by atoms with van der Waals surface area (Å²) in [5, 5.41) is 2.94. The number of benzene rings is 2. The Labute approximate surface area is 141 Å². The van der Waals surface area contributed by atoms with Crippen LogP contribution in [0.25, 0.3) is 0 Å². The van der Waals surface area contributed by atoms with E-state index < -0.39 is 6.10 Å². The van der Waals surface area contributed by atoms with Crippen molar-refractivity contribution in [2.75, 3.05) is 7.11 Å². The number of ether oxygens (including phenoxy) is 2. The molecule has 1 N–H and O–H groups in total. The molecule has 2 atom stereocenters. The van der Waals surface area contributed by atoms with Crippen molar-refractivity contribution < 1.29 is 18.7 Å². The standard InChI is InChI=1S/C19H22FNO3/c1-4-18(24-17-11-7-15(20)8-12-17)19(22)21-13(2)14-5-9-16(23-3)10-6-14/h5-13,18H,4H2,1-3H3,(H,21,22)/t13-,18-/m0/s1. The third kappa shape index (κ3) is 4.72. The van der Waals surface area contributed by atoms with Crippen LogP contribution in [0, 0.1) is 5.82 Å². The number of nitrogens with one attached hydrogen (secondary N) is 1. The Balaban J connectivity index is 1.98. The van der Waals surface area contributed by atoms with Crippen molar-refractivity contribution in [3.63, 3.8) is 0 Å². The highest BCUT2D eigenvalue weighted by Gasteiger charge is 2.20. The van der Waals surface area contributed by atoms with Crippen LogP contribution in [0.5, 0.6) is 11.5 Å². The summed E-state index contributed by atoms with van der Waals surface area (Å²) < 4.78 is 23.7. The number of rotatable bonds is 7. The zero-order chi connectivity index (χ0) is 17.5. The number of halogens is 1. The highest BCUT2D eigenvalue weighted by molar-refractivity contribution is 5.81. The molecule has 0 fully saturated rings. The molecule has 1 amide bonds. The summed E-state index contributed by atoms with van der Waals surface area (Å²) in [7, 11) is 1.61. The number of carbonyl (C=O) groups excluding carboxylic acids is 1. The summed E-state index contributed by atoms with van der Waals surface area (Å²) in [6.45, 7) is 3.77. The Morgan fingerprint density at radius 3 is 2.21 bits per heavy atom. The summed E-state index contributed by atoms with van der Waals surface area (Å²) in [6.07, 6.45) is -0.116. The van der Waals surface area contributed by atoms with Crippen molar-refractivity contribution in [1.29, 1.82) is 0 Å². The Hall–Kier alpha value is -2.56. The van der Waals surface area contributed by atoms with Crippen LogP contribution in [0.1, 0.15) is 31.9 Å². The number of carbonyl (C=O) groups is 1. The SMILES string of the molecule is CC[C@H](Oc1ccc(F)cc1)C(=O)N[C@@H](C)c1ccc(OC)cc1. The molecule has 5 heteroatoms. The maximum atomic E-state index is 12.9. The fourth-order valence-electron chi connectivity index (χ4n) is 2.28. The predicted molar refractivity (Wildman–Crippen MR) is 90.7 cm³/mol. The van der Waals surface area contributed by atoms with Gasteiger partial charge in [-0.3, -0.25) is 4.79 Å². The second-order valence-corrected chi connectivity index (χ2v) is 5.47. The summed E-state index contributed by atoms with van der Waals surface area (Å²) in [4.78, 5) is 12.4. The Kier molecular flexibility index (Phi) is 6.18. The van der Waals surface area contributed by atoms with Crippen LogP contribution < -0.4 is 14.8 Å². The van der Waals surface area contributed by atoms with E-state index in [4.69, 9.17) is 9.47 Å². The lowest BCUT2D eigenvalue weighted by atomic mass is 10.1. The van der Waals surface area contributed by atoms with E-state index in [1.807, 2.05) is 38.1 Å². The van der Waals surface area contributed by atoms with Crippen molar-refractivity contribution in [2.45, 2.75) is 32.4 Å². The number of methoxy groups -OCH3 is 1. The molecule has 0 spiro atoms.